The fourth-order valence-corrected chi connectivity index (χ4v) is 4.07. The number of aliphatic hydroxyl groups is 2. The van der Waals surface area contributed by atoms with Crippen LogP contribution in [0.2, 0.25) is 0 Å². The van der Waals surface area contributed by atoms with E-state index in [1.54, 1.807) is 16.9 Å². The summed E-state index contributed by atoms with van der Waals surface area (Å²) in [5.41, 5.74) is 2.55. The van der Waals surface area contributed by atoms with Crippen LogP contribution in [-0.2, 0) is 0 Å². The van der Waals surface area contributed by atoms with Gasteiger partial charge in [-0.1, -0.05) is 25.1 Å². The molecule has 7 heteroatoms. The molecule has 4 atom stereocenters. The third-order valence-electron chi connectivity index (χ3n) is 5.62. The molecule has 0 unspecified atom stereocenters. The van der Waals surface area contributed by atoms with Gasteiger partial charge in [0.25, 0.3) is 0 Å². The number of nitrogens with zero attached hydrogens (tertiary/aromatic N) is 4. The van der Waals surface area contributed by atoms with E-state index in [4.69, 9.17) is 5.10 Å². The number of pyridine rings is 1. The molecule has 1 fully saturated rings. The van der Waals surface area contributed by atoms with Crippen molar-refractivity contribution in [3.05, 3.63) is 55.0 Å². The zero-order chi connectivity index (χ0) is 19.3. The Kier molecular flexibility index (Phi) is 3.99. The van der Waals surface area contributed by atoms with Crippen LogP contribution in [-0.4, -0.2) is 48.0 Å². The monoisotopic (exact) mass is 375 g/mol. The first kappa shape index (κ1) is 17.1. The molecule has 3 N–H and O–H groups in total. The maximum Gasteiger partial charge on any atom is 0.157 e. The first-order valence-corrected chi connectivity index (χ1v) is 9.42. The van der Waals surface area contributed by atoms with Gasteiger partial charge in [0.2, 0.25) is 0 Å². The van der Waals surface area contributed by atoms with E-state index in [9.17, 15) is 10.2 Å². The van der Waals surface area contributed by atoms with Crippen LogP contribution in [0.15, 0.2) is 55.0 Å². The lowest BCUT2D eigenvalue weighted by atomic mass is 10.0. The topological polar surface area (TPSA) is 95.6 Å². The normalized spacial score (nSPS) is 24.8. The van der Waals surface area contributed by atoms with E-state index in [1.165, 1.54) is 0 Å². The van der Waals surface area contributed by atoms with Crippen molar-refractivity contribution in [1.29, 1.82) is 0 Å². The average molecular weight is 375 g/mol. The Morgan fingerprint density at radius 3 is 2.82 bits per heavy atom. The molecule has 0 saturated heterocycles. The van der Waals surface area contributed by atoms with E-state index in [-0.39, 0.29) is 12.0 Å². The van der Waals surface area contributed by atoms with Gasteiger partial charge in [0.05, 0.1) is 17.8 Å². The van der Waals surface area contributed by atoms with Gasteiger partial charge < -0.3 is 15.5 Å². The highest BCUT2D eigenvalue weighted by Gasteiger charge is 2.39. The van der Waals surface area contributed by atoms with E-state index in [1.807, 2.05) is 49.5 Å². The Balaban J connectivity index is 1.56. The number of rotatable bonds is 3. The van der Waals surface area contributed by atoms with Crippen LogP contribution in [0.1, 0.15) is 13.3 Å². The second-order valence-corrected chi connectivity index (χ2v) is 7.48. The third kappa shape index (κ3) is 2.71. The number of fused-ring (bicyclic) bond motifs is 2. The molecule has 0 radical (unpaired) electrons. The van der Waals surface area contributed by atoms with Crippen LogP contribution in [0.3, 0.4) is 0 Å². The van der Waals surface area contributed by atoms with Crippen LogP contribution in [0.25, 0.3) is 27.7 Å². The van der Waals surface area contributed by atoms with Crippen molar-refractivity contribution in [1.82, 2.24) is 19.6 Å². The minimum absolute atomic E-state index is 0.0438. The third-order valence-corrected chi connectivity index (χ3v) is 5.62. The molecule has 28 heavy (non-hydrogen) atoms. The van der Waals surface area contributed by atoms with E-state index in [0.717, 1.165) is 27.8 Å². The lowest BCUT2D eigenvalue weighted by Crippen LogP contribution is -2.35. The zero-order valence-electron chi connectivity index (χ0n) is 15.4. The second kappa shape index (κ2) is 6.54. The highest BCUT2D eigenvalue weighted by molar-refractivity contribution is 5.95. The fraction of sp³-hybridized carbons (Fsp3) is 0.286. The molecule has 7 nitrogen and oxygen atoms in total. The number of hydrogen-bond donors (Lipinski definition) is 3. The van der Waals surface area contributed by atoms with Crippen molar-refractivity contribution in [2.45, 2.75) is 31.6 Å². The fourth-order valence-electron chi connectivity index (χ4n) is 4.07. The molecule has 1 saturated carbocycles. The molecule has 1 aliphatic carbocycles. The van der Waals surface area contributed by atoms with Crippen molar-refractivity contribution in [2.75, 3.05) is 5.32 Å². The standard InChI is InChI=1S/C21H21N5O2/c1-12-9-17(21(28)20(12)27)24-18-6-8-23-19-10-16(25-26(18)19)15-4-2-3-13-11-22-7-5-14(13)15/h2-8,10-12,17,20-21,24,27-28H,9H2,1H3/t12-,17-,20-,21+/m1/s1. The lowest BCUT2D eigenvalue weighted by Gasteiger charge is -2.19. The van der Waals surface area contributed by atoms with Crippen molar-refractivity contribution in [3.63, 3.8) is 0 Å². The second-order valence-electron chi connectivity index (χ2n) is 7.48. The Bertz CT molecular complexity index is 1150. The molecule has 142 valence electrons. The van der Waals surface area contributed by atoms with Gasteiger partial charge in [0.1, 0.15) is 11.9 Å². The Morgan fingerprint density at radius 1 is 1.11 bits per heavy atom. The number of anilines is 1. The highest BCUT2D eigenvalue weighted by atomic mass is 16.3. The predicted octanol–water partition coefficient (Wildman–Crippen LogP) is 2.49. The van der Waals surface area contributed by atoms with Gasteiger partial charge in [-0.3, -0.25) is 4.98 Å². The average Bonchev–Trinajstić information content (AvgIpc) is 3.25. The first-order valence-electron chi connectivity index (χ1n) is 9.42. The molecule has 3 aromatic heterocycles. The van der Waals surface area contributed by atoms with E-state index in [0.29, 0.717) is 12.1 Å². The minimum atomic E-state index is -0.807. The molecular weight excluding hydrogens is 354 g/mol. The smallest absolute Gasteiger partial charge is 0.157 e. The molecule has 0 amide bonds. The number of aliphatic hydroxyl groups excluding tert-OH is 2. The highest BCUT2D eigenvalue weighted by Crippen LogP contribution is 2.31. The molecule has 0 bridgehead atoms. The van der Waals surface area contributed by atoms with Crippen LogP contribution in [0, 0.1) is 5.92 Å². The first-order chi connectivity index (χ1) is 13.6. The quantitative estimate of drug-likeness (QED) is 0.509. The van der Waals surface area contributed by atoms with Crippen molar-refractivity contribution < 1.29 is 10.2 Å². The SMILES string of the molecule is C[C@@H]1C[C@@H](Nc2ccnc3cc(-c4cccc5cnccc45)nn23)[C@H](O)[C@@H]1O. The predicted molar refractivity (Wildman–Crippen MR) is 107 cm³/mol. The van der Waals surface area contributed by atoms with Crippen LogP contribution >= 0.6 is 0 Å². The molecule has 0 aliphatic heterocycles. The molecule has 4 aromatic rings. The lowest BCUT2D eigenvalue weighted by molar-refractivity contribution is 0.0210. The van der Waals surface area contributed by atoms with Gasteiger partial charge in [0, 0.05) is 35.6 Å². The molecule has 1 aliphatic rings. The van der Waals surface area contributed by atoms with Gasteiger partial charge >= 0.3 is 0 Å². The van der Waals surface area contributed by atoms with Gasteiger partial charge in [-0.2, -0.15) is 9.61 Å². The summed E-state index contributed by atoms with van der Waals surface area (Å²) in [4.78, 5) is 8.62. The number of aromatic nitrogens is 4. The summed E-state index contributed by atoms with van der Waals surface area (Å²) in [7, 11) is 0. The summed E-state index contributed by atoms with van der Waals surface area (Å²) in [5, 5.41) is 30.6. The van der Waals surface area contributed by atoms with Crippen molar-refractivity contribution in [2.24, 2.45) is 5.92 Å². The minimum Gasteiger partial charge on any atom is -0.390 e. The van der Waals surface area contributed by atoms with E-state index in [2.05, 4.69) is 15.3 Å². The van der Waals surface area contributed by atoms with Gasteiger partial charge in [-0.15, -0.1) is 0 Å². The largest absolute Gasteiger partial charge is 0.390 e. The number of benzene rings is 1. The molecule has 5 rings (SSSR count). The summed E-state index contributed by atoms with van der Waals surface area (Å²) >= 11 is 0. The summed E-state index contributed by atoms with van der Waals surface area (Å²) in [6.45, 7) is 1.94. The number of hydrogen-bond acceptors (Lipinski definition) is 6. The summed E-state index contributed by atoms with van der Waals surface area (Å²) in [6, 6.07) is 11.6. The Morgan fingerprint density at radius 2 is 2.00 bits per heavy atom. The van der Waals surface area contributed by atoms with Gasteiger partial charge in [-0.05, 0) is 29.9 Å². The van der Waals surface area contributed by atoms with Crippen LogP contribution < -0.4 is 5.32 Å². The molecular formula is C21H21N5O2. The zero-order valence-corrected chi connectivity index (χ0v) is 15.4. The summed E-state index contributed by atoms with van der Waals surface area (Å²) in [5.74, 6) is 0.783. The maximum absolute atomic E-state index is 10.3. The molecule has 1 aromatic carbocycles. The Hall–Kier alpha value is -3.03. The molecule has 3 heterocycles. The Labute approximate surface area is 161 Å². The molecule has 0 spiro atoms. The van der Waals surface area contributed by atoms with Crippen LogP contribution in [0.4, 0.5) is 5.82 Å². The maximum atomic E-state index is 10.3. The van der Waals surface area contributed by atoms with E-state index < -0.39 is 12.2 Å². The van der Waals surface area contributed by atoms with Crippen molar-refractivity contribution >= 4 is 22.2 Å². The van der Waals surface area contributed by atoms with E-state index >= 15 is 0 Å². The summed E-state index contributed by atoms with van der Waals surface area (Å²) in [6.07, 6.45) is 4.51. The summed E-state index contributed by atoms with van der Waals surface area (Å²) < 4.78 is 1.75. The van der Waals surface area contributed by atoms with Crippen LogP contribution in [0.5, 0.6) is 0 Å². The number of nitrogens with one attached hydrogen (secondary N) is 1. The van der Waals surface area contributed by atoms with Gasteiger partial charge in [0.15, 0.2) is 5.65 Å². The van der Waals surface area contributed by atoms with Crippen molar-refractivity contribution in [3.8, 4) is 11.3 Å². The van der Waals surface area contributed by atoms with Gasteiger partial charge in [-0.25, -0.2) is 4.98 Å².